The molecule has 0 unspecified atom stereocenters. The maximum atomic E-state index is 9.09. The van der Waals surface area contributed by atoms with E-state index in [1.165, 1.54) is 6.42 Å². The van der Waals surface area contributed by atoms with Crippen molar-refractivity contribution in [3.05, 3.63) is 0 Å². The van der Waals surface area contributed by atoms with E-state index in [9.17, 15) is 0 Å². The molecule has 0 aliphatic rings. The molecule has 0 atom stereocenters. The molecule has 2 nitrogen and oxygen atoms in total. The molecule has 118 valence electrons. The molecular formula is C18H35NO. The summed E-state index contributed by atoms with van der Waals surface area (Å²) in [6.07, 6.45) is 4.25. The molecule has 0 rings (SSSR count). The molecule has 0 radical (unpaired) electrons. The van der Waals surface area contributed by atoms with Gasteiger partial charge in [0.05, 0.1) is 23.7 Å². The van der Waals surface area contributed by atoms with E-state index in [4.69, 9.17) is 10.00 Å². The molecule has 20 heavy (non-hydrogen) atoms. The topological polar surface area (TPSA) is 33.0 Å². The quantitative estimate of drug-likeness (QED) is 0.553. The number of hydrogen-bond acceptors (Lipinski definition) is 2. The molecule has 0 aromatic rings. The van der Waals surface area contributed by atoms with Crippen LogP contribution in [0.1, 0.15) is 81.1 Å². The first-order valence-electron chi connectivity index (χ1n) is 7.94. The molecule has 0 aromatic heterocycles. The highest BCUT2D eigenvalue weighted by atomic mass is 16.5. The molecule has 0 bridgehead atoms. The second-order valence-electron chi connectivity index (χ2n) is 8.64. The van der Waals surface area contributed by atoms with Gasteiger partial charge in [-0.1, -0.05) is 27.7 Å². The summed E-state index contributed by atoms with van der Waals surface area (Å²) in [5.74, 6) is 0.724. The van der Waals surface area contributed by atoms with Crippen molar-refractivity contribution in [1.82, 2.24) is 0 Å². The molecule has 0 saturated heterocycles. The van der Waals surface area contributed by atoms with E-state index in [0.29, 0.717) is 0 Å². The van der Waals surface area contributed by atoms with E-state index in [-0.39, 0.29) is 16.4 Å². The van der Waals surface area contributed by atoms with Crippen molar-refractivity contribution in [3.8, 4) is 6.07 Å². The molecule has 0 amide bonds. The zero-order valence-corrected chi connectivity index (χ0v) is 15.0. The number of nitriles is 1. The van der Waals surface area contributed by atoms with Crippen molar-refractivity contribution in [2.45, 2.75) is 86.7 Å². The lowest BCUT2D eigenvalue weighted by Gasteiger charge is -2.33. The average Bonchev–Trinajstić information content (AvgIpc) is 2.33. The van der Waals surface area contributed by atoms with Gasteiger partial charge in [0.15, 0.2) is 0 Å². The summed E-state index contributed by atoms with van der Waals surface area (Å²) in [4.78, 5) is 0. The van der Waals surface area contributed by atoms with Gasteiger partial charge in [0.2, 0.25) is 0 Å². The lowest BCUT2D eigenvalue weighted by Crippen LogP contribution is -2.31. The Morgan fingerprint density at radius 2 is 1.50 bits per heavy atom. The second kappa shape index (κ2) is 7.46. The first kappa shape index (κ1) is 19.4. The molecular weight excluding hydrogens is 246 g/mol. The Kier molecular flexibility index (Phi) is 7.25. The summed E-state index contributed by atoms with van der Waals surface area (Å²) < 4.78 is 6.16. The van der Waals surface area contributed by atoms with Crippen LogP contribution in [0.5, 0.6) is 0 Å². The van der Waals surface area contributed by atoms with Gasteiger partial charge in [0, 0.05) is 0 Å². The number of rotatable bonds is 9. The van der Waals surface area contributed by atoms with Crippen LogP contribution >= 0.6 is 0 Å². The Labute approximate surface area is 126 Å². The molecule has 0 saturated carbocycles. The van der Waals surface area contributed by atoms with Gasteiger partial charge in [0.25, 0.3) is 0 Å². The van der Waals surface area contributed by atoms with Crippen molar-refractivity contribution < 1.29 is 4.74 Å². The van der Waals surface area contributed by atoms with Gasteiger partial charge in [-0.05, 0) is 64.7 Å². The summed E-state index contributed by atoms with van der Waals surface area (Å²) >= 11 is 0. The van der Waals surface area contributed by atoms with Gasteiger partial charge in [0.1, 0.15) is 0 Å². The van der Waals surface area contributed by atoms with Gasteiger partial charge in [-0.3, -0.25) is 0 Å². The minimum absolute atomic E-state index is 0.0493. The minimum atomic E-state index is -0.232. The normalized spacial score (nSPS) is 13.6. The van der Waals surface area contributed by atoms with Gasteiger partial charge in [-0.15, -0.1) is 0 Å². The largest absolute Gasteiger partial charge is 0.375 e. The maximum Gasteiger partial charge on any atom is 0.0683 e. The van der Waals surface area contributed by atoms with Gasteiger partial charge in [-0.25, -0.2) is 0 Å². The summed E-state index contributed by atoms with van der Waals surface area (Å²) in [6, 6.07) is 2.38. The van der Waals surface area contributed by atoms with Crippen LogP contribution in [0, 0.1) is 28.1 Å². The summed E-state index contributed by atoms with van der Waals surface area (Å²) in [5, 5.41) is 9.09. The summed E-state index contributed by atoms with van der Waals surface area (Å²) in [5.41, 5.74) is -0.153. The smallest absolute Gasteiger partial charge is 0.0683 e. The standard InChI is InChI=1S/C18H35NO/c1-15(2)9-10-18(7,8)20-14-17(5,6)12-11-16(3,4)13-19/h15H,9-12,14H2,1-8H3. The third kappa shape index (κ3) is 9.37. The summed E-state index contributed by atoms with van der Waals surface area (Å²) in [6.45, 7) is 18.1. The molecule has 0 aliphatic heterocycles. The van der Waals surface area contributed by atoms with Crippen LogP contribution < -0.4 is 0 Å². The fraction of sp³-hybridized carbons (Fsp3) is 0.944. The molecule has 0 heterocycles. The van der Waals surface area contributed by atoms with E-state index in [1.54, 1.807) is 0 Å². The number of ether oxygens (including phenoxy) is 1. The van der Waals surface area contributed by atoms with Crippen LogP contribution in [0.25, 0.3) is 0 Å². The van der Waals surface area contributed by atoms with Crippen LogP contribution in [0.2, 0.25) is 0 Å². The van der Waals surface area contributed by atoms with Gasteiger partial charge < -0.3 is 4.74 Å². The zero-order chi connectivity index (χ0) is 16.0. The molecule has 0 spiro atoms. The predicted molar refractivity (Wildman–Crippen MR) is 86.5 cm³/mol. The monoisotopic (exact) mass is 281 g/mol. The first-order valence-corrected chi connectivity index (χ1v) is 7.94. The molecule has 0 aromatic carbocycles. The van der Waals surface area contributed by atoms with Crippen LogP contribution in [0.3, 0.4) is 0 Å². The fourth-order valence-corrected chi connectivity index (χ4v) is 1.88. The zero-order valence-electron chi connectivity index (χ0n) is 15.0. The van der Waals surface area contributed by atoms with E-state index >= 15 is 0 Å². The highest BCUT2D eigenvalue weighted by Crippen LogP contribution is 2.32. The van der Waals surface area contributed by atoms with E-state index < -0.39 is 0 Å². The number of hydrogen-bond donors (Lipinski definition) is 0. The van der Waals surface area contributed by atoms with Crippen molar-refractivity contribution in [2.75, 3.05) is 6.61 Å². The van der Waals surface area contributed by atoms with Gasteiger partial charge >= 0.3 is 0 Å². The maximum absolute atomic E-state index is 9.09. The second-order valence-corrected chi connectivity index (χ2v) is 8.64. The van der Waals surface area contributed by atoms with Crippen LogP contribution in [0.4, 0.5) is 0 Å². The highest BCUT2D eigenvalue weighted by Gasteiger charge is 2.27. The minimum Gasteiger partial charge on any atom is -0.375 e. The third-order valence-corrected chi connectivity index (χ3v) is 3.91. The summed E-state index contributed by atoms with van der Waals surface area (Å²) in [7, 11) is 0. The Hall–Kier alpha value is -0.550. The Balaban J connectivity index is 4.24. The Morgan fingerprint density at radius 3 is 1.95 bits per heavy atom. The van der Waals surface area contributed by atoms with Crippen molar-refractivity contribution in [3.63, 3.8) is 0 Å². The number of nitrogens with zero attached hydrogens (tertiary/aromatic N) is 1. The SMILES string of the molecule is CC(C)CCC(C)(C)OCC(C)(C)CCC(C)(C)C#N. The third-order valence-electron chi connectivity index (χ3n) is 3.91. The molecule has 0 N–H and O–H groups in total. The highest BCUT2D eigenvalue weighted by molar-refractivity contribution is 4.92. The van der Waals surface area contributed by atoms with Crippen molar-refractivity contribution in [2.24, 2.45) is 16.7 Å². The van der Waals surface area contributed by atoms with Crippen LogP contribution in [-0.2, 0) is 4.74 Å². The Morgan fingerprint density at radius 1 is 0.950 bits per heavy atom. The van der Waals surface area contributed by atoms with Crippen LogP contribution in [0.15, 0.2) is 0 Å². The molecule has 0 fully saturated rings. The fourth-order valence-electron chi connectivity index (χ4n) is 1.88. The van der Waals surface area contributed by atoms with Crippen LogP contribution in [-0.4, -0.2) is 12.2 Å². The molecule has 0 aliphatic carbocycles. The lowest BCUT2D eigenvalue weighted by atomic mass is 9.80. The van der Waals surface area contributed by atoms with Crippen molar-refractivity contribution in [1.29, 1.82) is 5.26 Å². The first-order chi connectivity index (χ1) is 8.89. The predicted octanol–water partition coefficient (Wildman–Crippen LogP) is 5.57. The van der Waals surface area contributed by atoms with Crippen molar-refractivity contribution >= 4 is 0 Å². The van der Waals surface area contributed by atoms with E-state index in [0.717, 1.165) is 31.8 Å². The lowest BCUT2D eigenvalue weighted by molar-refractivity contribution is -0.0645. The van der Waals surface area contributed by atoms with E-state index in [2.05, 4.69) is 47.6 Å². The van der Waals surface area contributed by atoms with E-state index in [1.807, 2.05) is 13.8 Å². The average molecular weight is 281 g/mol. The molecule has 2 heteroatoms. The van der Waals surface area contributed by atoms with Gasteiger partial charge in [-0.2, -0.15) is 5.26 Å². The Bertz CT molecular complexity index is 321.